The predicted molar refractivity (Wildman–Crippen MR) is 112 cm³/mol. The molecule has 4 aromatic rings. The lowest BCUT2D eigenvalue weighted by atomic mass is 9.98. The predicted octanol–water partition coefficient (Wildman–Crippen LogP) is 3.65. The summed E-state index contributed by atoms with van der Waals surface area (Å²) in [6, 6.07) is 18.1. The van der Waals surface area contributed by atoms with Crippen molar-refractivity contribution in [1.29, 1.82) is 0 Å². The Bertz CT molecular complexity index is 1140. The van der Waals surface area contributed by atoms with Gasteiger partial charge in [-0.05, 0) is 35.2 Å². The number of tetrazole rings is 1. The van der Waals surface area contributed by atoms with E-state index in [1.165, 1.54) is 0 Å². The van der Waals surface area contributed by atoms with Crippen molar-refractivity contribution in [3.05, 3.63) is 76.2 Å². The summed E-state index contributed by atoms with van der Waals surface area (Å²) >= 11 is 0. The molecule has 0 amide bonds. The molecule has 2 aromatic carbocycles. The van der Waals surface area contributed by atoms with Gasteiger partial charge in [-0.1, -0.05) is 61.9 Å². The zero-order valence-electron chi connectivity index (χ0n) is 16.7. The van der Waals surface area contributed by atoms with Crippen LogP contribution in [0.1, 0.15) is 31.0 Å². The van der Waals surface area contributed by atoms with Crippen LogP contribution in [0.15, 0.2) is 59.4 Å². The smallest absolute Gasteiger partial charge is 0.266 e. The van der Waals surface area contributed by atoms with Crippen LogP contribution in [0.4, 0.5) is 0 Å². The molecule has 29 heavy (non-hydrogen) atoms. The monoisotopic (exact) mass is 388 g/mol. The van der Waals surface area contributed by atoms with Crippen LogP contribution in [0.2, 0.25) is 0 Å². The topological polar surface area (TPSA) is 81.4 Å². The molecule has 0 saturated heterocycles. The zero-order valence-corrected chi connectivity index (χ0v) is 16.7. The number of aryl methyl sites for hydroxylation is 1. The average molecular weight is 388 g/mol. The van der Waals surface area contributed by atoms with Crippen molar-refractivity contribution in [1.82, 2.24) is 30.0 Å². The molecule has 0 unspecified atom stereocenters. The second-order valence-corrected chi connectivity index (χ2v) is 7.14. The molecule has 0 atom stereocenters. The number of hydrogen-bond acceptors (Lipinski definition) is 4. The third-order valence-electron chi connectivity index (χ3n) is 5.12. The third-order valence-corrected chi connectivity index (χ3v) is 5.12. The molecule has 2 heterocycles. The Balaban J connectivity index is 1.62. The van der Waals surface area contributed by atoms with E-state index in [4.69, 9.17) is 0 Å². The number of nitrogens with one attached hydrogen (secondary N) is 1. The van der Waals surface area contributed by atoms with Crippen LogP contribution in [-0.4, -0.2) is 30.0 Å². The summed E-state index contributed by atoms with van der Waals surface area (Å²) in [7, 11) is 0. The van der Waals surface area contributed by atoms with Gasteiger partial charge < -0.3 is 0 Å². The summed E-state index contributed by atoms with van der Waals surface area (Å²) in [5, 5.41) is 14.4. The van der Waals surface area contributed by atoms with Gasteiger partial charge in [-0.15, -0.1) is 10.2 Å². The summed E-state index contributed by atoms with van der Waals surface area (Å²) in [6.07, 6.45) is 2.06. The molecule has 148 valence electrons. The highest BCUT2D eigenvalue weighted by molar-refractivity contribution is 5.80. The van der Waals surface area contributed by atoms with E-state index in [2.05, 4.69) is 62.6 Å². The summed E-state index contributed by atoms with van der Waals surface area (Å²) in [5.41, 5.74) is 5.27. The van der Waals surface area contributed by atoms with Gasteiger partial charge in [-0.25, -0.2) is 0 Å². The third kappa shape index (κ3) is 3.89. The Morgan fingerprint density at radius 3 is 2.45 bits per heavy atom. The van der Waals surface area contributed by atoms with Gasteiger partial charge in [0.2, 0.25) is 5.82 Å². The van der Waals surface area contributed by atoms with E-state index < -0.39 is 0 Å². The van der Waals surface area contributed by atoms with Crippen LogP contribution in [0, 0.1) is 6.92 Å². The number of hydrogen-bond donors (Lipinski definition) is 1. The van der Waals surface area contributed by atoms with Crippen LogP contribution < -0.4 is 5.56 Å². The van der Waals surface area contributed by atoms with Crippen LogP contribution in [0.3, 0.4) is 0 Å². The number of unbranched alkanes of at least 4 members (excludes halogenated alkanes) is 1. The van der Waals surface area contributed by atoms with Gasteiger partial charge in [-0.3, -0.25) is 14.2 Å². The summed E-state index contributed by atoms with van der Waals surface area (Å²) in [4.78, 5) is 12.3. The van der Waals surface area contributed by atoms with E-state index in [9.17, 15) is 4.79 Å². The van der Waals surface area contributed by atoms with Gasteiger partial charge in [0, 0.05) is 23.9 Å². The van der Waals surface area contributed by atoms with E-state index in [1.54, 1.807) is 6.07 Å². The molecule has 0 spiro atoms. The van der Waals surface area contributed by atoms with Crippen molar-refractivity contribution >= 4 is 0 Å². The van der Waals surface area contributed by atoms with Crippen molar-refractivity contribution < 1.29 is 0 Å². The van der Waals surface area contributed by atoms with Gasteiger partial charge in [-0.2, -0.15) is 5.21 Å². The molecule has 0 radical (unpaired) electrons. The number of nitrogens with zero attached hydrogens (tertiary/aromatic N) is 5. The Hall–Kier alpha value is -3.48. The molecule has 0 aliphatic rings. The molecule has 0 aliphatic heterocycles. The summed E-state index contributed by atoms with van der Waals surface area (Å²) < 4.78 is 3.92. The minimum atomic E-state index is 0.0709. The first-order valence-corrected chi connectivity index (χ1v) is 9.86. The lowest BCUT2D eigenvalue weighted by Gasteiger charge is -2.14. The first-order chi connectivity index (χ1) is 14.2. The molecule has 0 aliphatic carbocycles. The van der Waals surface area contributed by atoms with Crippen LogP contribution in [0.25, 0.3) is 22.5 Å². The van der Waals surface area contributed by atoms with Gasteiger partial charge in [0.05, 0.1) is 6.54 Å². The normalized spacial score (nSPS) is 11.1. The standard InChI is InChI=1S/C22H24N6O/c1-3-4-13-27-21(29)14-16(2)28(27)15-17-9-11-18(12-10-17)19-7-5-6-8-20(19)22-23-25-26-24-22/h5-12,14H,3-4,13,15H2,1-2H3,(H,23,24,25,26). The Kier molecular flexibility index (Phi) is 5.37. The fraction of sp³-hybridized carbons (Fsp3) is 0.273. The van der Waals surface area contributed by atoms with Crippen molar-refractivity contribution in [3.8, 4) is 22.5 Å². The molecule has 0 saturated carbocycles. The van der Waals surface area contributed by atoms with Gasteiger partial charge in [0.1, 0.15) is 0 Å². The highest BCUT2D eigenvalue weighted by Gasteiger charge is 2.12. The zero-order chi connectivity index (χ0) is 20.2. The van der Waals surface area contributed by atoms with Crippen LogP contribution in [0.5, 0.6) is 0 Å². The van der Waals surface area contributed by atoms with Crippen molar-refractivity contribution in [2.24, 2.45) is 0 Å². The number of rotatable bonds is 7. The fourth-order valence-electron chi connectivity index (χ4n) is 3.55. The Morgan fingerprint density at radius 1 is 1.00 bits per heavy atom. The molecular formula is C22H24N6O. The SMILES string of the molecule is CCCCn1c(=O)cc(C)n1Cc1ccc(-c2ccccc2-c2nn[nH]n2)cc1. The lowest BCUT2D eigenvalue weighted by molar-refractivity contribution is 0.445. The minimum absolute atomic E-state index is 0.0709. The quantitative estimate of drug-likeness (QED) is 0.524. The largest absolute Gasteiger partial charge is 0.283 e. The maximum Gasteiger partial charge on any atom is 0.266 e. The molecule has 2 aromatic heterocycles. The maximum atomic E-state index is 12.3. The van der Waals surface area contributed by atoms with Crippen LogP contribution >= 0.6 is 0 Å². The molecular weight excluding hydrogens is 364 g/mol. The molecule has 4 rings (SSSR count). The van der Waals surface area contributed by atoms with Gasteiger partial charge in [0.15, 0.2) is 0 Å². The minimum Gasteiger partial charge on any atom is -0.283 e. The average Bonchev–Trinajstić information content (AvgIpc) is 3.36. The first-order valence-electron chi connectivity index (χ1n) is 9.86. The Labute approximate surface area is 169 Å². The number of aromatic nitrogens is 6. The summed E-state index contributed by atoms with van der Waals surface area (Å²) in [6.45, 7) is 5.54. The molecule has 1 N–H and O–H groups in total. The van der Waals surface area contributed by atoms with E-state index >= 15 is 0 Å². The van der Waals surface area contributed by atoms with E-state index in [-0.39, 0.29) is 5.56 Å². The second kappa shape index (κ2) is 8.26. The van der Waals surface area contributed by atoms with Crippen molar-refractivity contribution in [2.75, 3.05) is 0 Å². The van der Waals surface area contributed by atoms with E-state index in [1.807, 2.05) is 29.8 Å². The van der Waals surface area contributed by atoms with Gasteiger partial charge >= 0.3 is 0 Å². The summed E-state index contributed by atoms with van der Waals surface area (Å²) in [5.74, 6) is 0.576. The molecule has 7 nitrogen and oxygen atoms in total. The lowest BCUT2D eigenvalue weighted by Crippen LogP contribution is -2.23. The Morgan fingerprint density at radius 2 is 1.76 bits per heavy atom. The maximum absolute atomic E-state index is 12.3. The fourth-order valence-corrected chi connectivity index (χ4v) is 3.55. The second-order valence-electron chi connectivity index (χ2n) is 7.14. The van der Waals surface area contributed by atoms with E-state index in [0.29, 0.717) is 12.4 Å². The number of H-pyrrole nitrogens is 1. The molecule has 0 bridgehead atoms. The first kappa shape index (κ1) is 18.9. The van der Waals surface area contributed by atoms with Crippen molar-refractivity contribution in [3.63, 3.8) is 0 Å². The van der Waals surface area contributed by atoms with E-state index in [0.717, 1.165) is 47.3 Å². The molecule has 0 fully saturated rings. The molecule has 7 heteroatoms. The van der Waals surface area contributed by atoms with Crippen LogP contribution in [-0.2, 0) is 13.1 Å². The number of benzene rings is 2. The number of aromatic amines is 1. The highest BCUT2D eigenvalue weighted by Crippen LogP contribution is 2.29. The highest BCUT2D eigenvalue weighted by atomic mass is 16.1. The van der Waals surface area contributed by atoms with Gasteiger partial charge in [0.25, 0.3) is 5.56 Å². The van der Waals surface area contributed by atoms with Crippen molar-refractivity contribution in [2.45, 2.75) is 39.8 Å².